The summed E-state index contributed by atoms with van der Waals surface area (Å²) in [5.74, 6) is 0.928. The van der Waals surface area contributed by atoms with Crippen LogP contribution in [0.3, 0.4) is 0 Å². The summed E-state index contributed by atoms with van der Waals surface area (Å²) in [4.78, 5) is 38.3. The molecule has 0 spiro atoms. The number of rotatable bonds is 10. The molecule has 0 aromatic heterocycles. The molecule has 4 aromatic rings. The fraction of sp³-hybridized carbons (Fsp3) is 0.143. The highest BCUT2D eigenvalue weighted by Gasteiger charge is 2.21. The van der Waals surface area contributed by atoms with Crippen molar-refractivity contribution in [2.24, 2.45) is 0 Å². The Balaban J connectivity index is 1.64. The highest BCUT2D eigenvalue weighted by molar-refractivity contribution is 7.91. The summed E-state index contributed by atoms with van der Waals surface area (Å²) in [5, 5.41) is 0. The molecule has 0 fully saturated rings. The van der Waals surface area contributed by atoms with Crippen LogP contribution < -0.4 is 9.47 Å². The first-order valence-corrected chi connectivity index (χ1v) is 17.2. The fourth-order valence-electron chi connectivity index (χ4n) is 4.15. The summed E-state index contributed by atoms with van der Waals surface area (Å²) in [7, 11) is -11.2. The highest BCUT2D eigenvalue weighted by atomic mass is 32.2. The Morgan fingerprint density at radius 1 is 0.659 bits per heavy atom. The largest absolute Gasteiger partial charge is 0.497 e. The second kappa shape index (κ2) is 11.9. The first-order chi connectivity index (χ1) is 19.1. The van der Waals surface area contributed by atoms with E-state index < -0.39 is 37.4 Å². The Bertz CT molecular complexity index is 1760. The van der Waals surface area contributed by atoms with Crippen molar-refractivity contribution >= 4 is 25.0 Å². The van der Waals surface area contributed by atoms with Crippen molar-refractivity contribution in [1.29, 1.82) is 0 Å². The molecule has 0 heterocycles. The molecule has 4 rings (SSSR count). The third kappa shape index (κ3) is 7.93. The normalized spacial score (nSPS) is 12.2. The quantitative estimate of drug-likeness (QED) is 0.163. The van der Waals surface area contributed by atoms with Gasteiger partial charge in [-0.15, -0.1) is 0 Å². The van der Waals surface area contributed by atoms with E-state index in [4.69, 9.17) is 9.47 Å². The van der Waals surface area contributed by atoms with Gasteiger partial charge in [-0.05, 0) is 89.8 Å². The number of benzene rings is 4. The fourth-order valence-corrected chi connectivity index (χ4v) is 6.89. The molecule has 0 saturated carbocycles. The van der Waals surface area contributed by atoms with Crippen LogP contribution in [0.25, 0.3) is 11.1 Å². The topological polar surface area (TPSA) is 168 Å². The first-order valence-electron chi connectivity index (χ1n) is 12.1. The molecule has 0 aliphatic carbocycles. The van der Waals surface area contributed by atoms with Gasteiger partial charge in [0.15, 0.2) is 0 Å². The smallest absolute Gasteiger partial charge is 0.330 e. The summed E-state index contributed by atoms with van der Waals surface area (Å²) >= 11 is 0. The average Bonchev–Trinajstić information content (AvgIpc) is 2.90. The zero-order chi connectivity index (χ0) is 30.0. The summed E-state index contributed by atoms with van der Waals surface area (Å²) in [6, 6.07) is 21.5. The number of hydrogen-bond donors (Lipinski definition) is 4. The second-order valence-corrected chi connectivity index (χ2v) is 14.6. The third-order valence-electron chi connectivity index (χ3n) is 6.23. The van der Waals surface area contributed by atoms with Crippen LogP contribution in [0.1, 0.15) is 16.7 Å². The van der Waals surface area contributed by atoms with Crippen LogP contribution in [-0.2, 0) is 31.3 Å². The molecule has 4 aromatic carbocycles. The monoisotopic (exact) mass is 618 g/mol. The van der Waals surface area contributed by atoms with E-state index in [-0.39, 0.29) is 26.9 Å². The van der Waals surface area contributed by atoms with E-state index in [2.05, 4.69) is 0 Å². The Labute approximate surface area is 237 Å². The van der Waals surface area contributed by atoms with Crippen LogP contribution in [0.4, 0.5) is 0 Å². The molecule has 0 bridgehead atoms. The molecule has 0 unspecified atom stereocenters. The second-order valence-electron chi connectivity index (χ2n) is 9.36. The van der Waals surface area contributed by atoms with Crippen molar-refractivity contribution in [3.05, 3.63) is 102 Å². The van der Waals surface area contributed by atoms with Crippen molar-refractivity contribution in [3.63, 3.8) is 0 Å². The van der Waals surface area contributed by atoms with Gasteiger partial charge in [0.25, 0.3) is 0 Å². The lowest BCUT2D eigenvalue weighted by molar-refractivity contribution is 0.368. The first kappa shape index (κ1) is 30.7. The molecule has 0 amide bonds. The maximum absolute atomic E-state index is 13.0. The molecule has 13 heteroatoms. The van der Waals surface area contributed by atoms with Crippen LogP contribution in [0.15, 0.2) is 94.7 Å². The maximum Gasteiger partial charge on any atom is 0.330 e. The molecule has 0 aliphatic rings. The maximum atomic E-state index is 13.0. The van der Waals surface area contributed by atoms with Crippen LogP contribution in [0, 0.1) is 6.92 Å². The molecule has 0 radical (unpaired) electrons. The predicted octanol–water partition coefficient (Wildman–Crippen LogP) is 5.65. The lowest BCUT2D eigenvalue weighted by Gasteiger charge is -2.15. The Hall–Kier alpha value is -3.27. The van der Waals surface area contributed by atoms with E-state index >= 15 is 0 Å². The number of hydrogen-bond acceptors (Lipinski definition) is 6. The summed E-state index contributed by atoms with van der Waals surface area (Å²) in [6.45, 7) is 1.73. The van der Waals surface area contributed by atoms with Crippen LogP contribution in [-0.4, -0.2) is 35.1 Å². The SMILES string of the molecule is COc1ccc(S(=O)(=O)c2ccc(Oc3ccc(-c4ccc(C)c(CP(=O)(O)O)c4)cc3CP(=O)(O)O)cc2)cc1. The number of aryl methyl sites for hydroxylation is 1. The van der Waals surface area contributed by atoms with Crippen LogP contribution in [0.5, 0.6) is 17.2 Å². The van der Waals surface area contributed by atoms with E-state index in [9.17, 15) is 37.1 Å². The molecule has 41 heavy (non-hydrogen) atoms. The van der Waals surface area contributed by atoms with Gasteiger partial charge >= 0.3 is 15.2 Å². The van der Waals surface area contributed by atoms with Gasteiger partial charge in [0, 0.05) is 5.56 Å². The number of sulfone groups is 1. The third-order valence-corrected chi connectivity index (χ3v) is 9.52. The predicted molar refractivity (Wildman–Crippen MR) is 153 cm³/mol. The van der Waals surface area contributed by atoms with Crippen LogP contribution in [0.2, 0.25) is 0 Å². The molecule has 10 nitrogen and oxygen atoms in total. The van der Waals surface area contributed by atoms with Crippen molar-refractivity contribution in [1.82, 2.24) is 0 Å². The van der Waals surface area contributed by atoms with Gasteiger partial charge in [-0.3, -0.25) is 9.13 Å². The van der Waals surface area contributed by atoms with Crippen molar-refractivity contribution in [3.8, 4) is 28.4 Å². The van der Waals surface area contributed by atoms with Gasteiger partial charge in [0.2, 0.25) is 9.84 Å². The number of methoxy groups -OCH3 is 1. The van der Waals surface area contributed by atoms with Gasteiger partial charge in [-0.25, -0.2) is 8.42 Å². The van der Waals surface area contributed by atoms with Crippen molar-refractivity contribution in [2.75, 3.05) is 7.11 Å². The molecule has 0 saturated heterocycles. The lowest BCUT2D eigenvalue weighted by Crippen LogP contribution is -2.02. The van der Waals surface area contributed by atoms with E-state index in [0.29, 0.717) is 28.0 Å². The molecule has 0 aliphatic heterocycles. The van der Waals surface area contributed by atoms with E-state index in [1.54, 1.807) is 49.4 Å². The summed E-state index contributed by atoms with van der Waals surface area (Å²) < 4.78 is 60.4. The zero-order valence-electron chi connectivity index (χ0n) is 22.0. The number of ether oxygens (including phenoxy) is 2. The van der Waals surface area contributed by atoms with E-state index in [0.717, 1.165) is 0 Å². The Kier molecular flexibility index (Phi) is 8.92. The van der Waals surface area contributed by atoms with E-state index in [1.165, 1.54) is 49.6 Å². The Morgan fingerprint density at radius 3 is 1.63 bits per heavy atom. The summed E-state index contributed by atoms with van der Waals surface area (Å²) in [6.07, 6.45) is -1.06. The van der Waals surface area contributed by atoms with Gasteiger partial charge < -0.3 is 29.0 Å². The minimum absolute atomic E-state index is 0.0336. The molecule has 216 valence electrons. The zero-order valence-corrected chi connectivity index (χ0v) is 24.6. The lowest BCUT2D eigenvalue weighted by atomic mass is 9.99. The summed E-state index contributed by atoms with van der Waals surface area (Å²) in [5.41, 5.74) is 2.52. The molecule has 0 atom stereocenters. The van der Waals surface area contributed by atoms with E-state index in [1.807, 2.05) is 0 Å². The van der Waals surface area contributed by atoms with Crippen molar-refractivity contribution in [2.45, 2.75) is 29.0 Å². The highest BCUT2D eigenvalue weighted by Crippen LogP contribution is 2.44. The minimum atomic E-state index is -4.52. The molecular formula is C28H28O10P2S. The molecular weight excluding hydrogens is 590 g/mol. The minimum Gasteiger partial charge on any atom is -0.497 e. The van der Waals surface area contributed by atoms with Gasteiger partial charge in [0.1, 0.15) is 17.2 Å². The standard InChI is InChI=1S/C28H28O10P2S/c1-19-3-4-20(15-22(19)17-39(29,30)31)21-5-14-28(23(16-21)18-40(32,33)34)38-25-8-12-27(13-9-25)41(35,36)26-10-6-24(37-2)7-11-26/h3-16H,17-18H2,1-2H3,(H2,29,30,31)(H2,32,33,34). The Morgan fingerprint density at radius 2 is 1.12 bits per heavy atom. The van der Waals surface area contributed by atoms with Gasteiger partial charge in [0.05, 0.1) is 29.2 Å². The van der Waals surface area contributed by atoms with Gasteiger partial charge in [-0.2, -0.15) is 0 Å². The molecule has 4 N–H and O–H groups in total. The average molecular weight is 619 g/mol. The van der Waals surface area contributed by atoms with Crippen molar-refractivity contribution < 1.29 is 46.6 Å². The van der Waals surface area contributed by atoms with Crippen LogP contribution >= 0.6 is 15.2 Å². The van der Waals surface area contributed by atoms with Gasteiger partial charge in [-0.1, -0.05) is 24.3 Å².